The molecule has 11 nitrogen and oxygen atoms in total. The zero-order valence-electron chi connectivity index (χ0n) is 20.7. The van der Waals surface area contributed by atoms with Crippen LogP contribution in [0.15, 0.2) is 18.2 Å². The molecule has 18 heteroatoms. The van der Waals surface area contributed by atoms with E-state index in [1.807, 2.05) is 17.0 Å². The minimum Gasteiger partial charge on any atom is -0.480 e. The van der Waals surface area contributed by atoms with Crippen LogP contribution in [0.5, 0.6) is 0 Å². The monoisotopic (exact) mass is 608 g/mol. The van der Waals surface area contributed by atoms with Crippen LogP contribution >= 0.6 is 11.6 Å². The first-order valence-corrected chi connectivity index (χ1v) is 11.9. The average Bonchev–Trinajstić information content (AvgIpc) is 2.84. The molecule has 1 amide bonds. The molecule has 3 rings (SSSR count). The lowest BCUT2D eigenvalue weighted by molar-refractivity contribution is -0.193. The van der Waals surface area contributed by atoms with Crippen LogP contribution in [0.4, 0.5) is 37.7 Å². The second-order valence-electron chi connectivity index (χ2n) is 8.44. The summed E-state index contributed by atoms with van der Waals surface area (Å²) in [7, 11) is 0. The number of aliphatic carboxylic acids is 3. The van der Waals surface area contributed by atoms with Crippen LogP contribution < -0.4 is 15.5 Å². The molecule has 1 aromatic rings. The standard InChI is InChI=1S/C18H25ClN4O3.2C2HF3O2/c19-15-11-14(1-2-16(15)23-9-5-20-6-10-23)21-18(26)13-3-7-22(8-4-13)12-17(24)25;2*3-2(4,5)1(6)7/h1-2,11,13,20H,3-10,12H2,(H,21,26)(H,24,25);2*(H,6,7). The van der Waals surface area contributed by atoms with Crippen molar-refractivity contribution >= 4 is 46.8 Å². The number of anilines is 2. The zero-order chi connectivity index (χ0) is 30.7. The Labute approximate surface area is 228 Å². The van der Waals surface area contributed by atoms with Crippen molar-refractivity contribution in [1.82, 2.24) is 10.2 Å². The van der Waals surface area contributed by atoms with E-state index >= 15 is 0 Å². The molecule has 0 atom stereocenters. The summed E-state index contributed by atoms with van der Waals surface area (Å²) in [5.41, 5.74) is 1.69. The van der Waals surface area contributed by atoms with E-state index in [0.29, 0.717) is 36.6 Å². The van der Waals surface area contributed by atoms with Gasteiger partial charge in [-0.15, -0.1) is 0 Å². The molecule has 2 saturated heterocycles. The molecule has 0 spiro atoms. The summed E-state index contributed by atoms with van der Waals surface area (Å²) in [5, 5.41) is 30.0. The first-order chi connectivity index (χ1) is 18.4. The number of piperidine rings is 1. The molecule has 0 unspecified atom stereocenters. The number of amides is 1. The summed E-state index contributed by atoms with van der Waals surface area (Å²) in [5.74, 6) is -6.45. The number of carbonyl (C=O) groups is 4. The Morgan fingerprint density at radius 2 is 1.38 bits per heavy atom. The first kappa shape index (κ1) is 34.7. The number of carbonyl (C=O) groups excluding carboxylic acids is 1. The van der Waals surface area contributed by atoms with Gasteiger partial charge in [-0.05, 0) is 44.1 Å². The smallest absolute Gasteiger partial charge is 0.480 e. The van der Waals surface area contributed by atoms with Gasteiger partial charge in [0.1, 0.15) is 0 Å². The summed E-state index contributed by atoms with van der Waals surface area (Å²) in [6.45, 7) is 5.02. The quantitative estimate of drug-likeness (QED) is 0.315. The van der Waals surface area contributed by atoms with Crippen molar-refractivity contribution in [3.8, 4) is 0 Å². The number of alkyl halides is 6. The topological polar surface area (TPSA) is 160 Å². The average molecular weight is 609 g/mol. The van der Waals surface area contributed by atoms with Gasteiger partial charge in [0.15, 0.2) is 0 Å². The van der Waals surface area contributed by atoms with Crippen molar-refractivity contribution in [2.45, 2.75) is 25.2 Å². The van der Waals surface area contributed by atoms with E-state index in [9.17, 15) is 35.9 Å². The predicted octanol–water partition coefficient (Wildman–Crippen LogP) is 2.75. The summed E-state index contributed by atoms with van der Waals surface area (Å²) >= 11 is 6.42. The normalized spacial score (nSPS) is 16.5. The highest BCUT2D eigenvalue weighted by Crippen LogP contribution is 2.30. The Balaban J connectivity index is 0.000000473. The van der Waals surface area contributed by atoms with Crippen LogP contribution in [-0.2, 0) is 19.2 Å². The molecule has 226 valence electrons. The van der Waals surface area contributed by atoms with Crippen LogP contribution in [0.25, 0.3) is 0 Å². The number of carboxylic acids is 3. The lowest BCUT2D eigenvalue weighted by Crippen LogP contribution is -2.43. The Hall–Kier alpha value is -3.31. The van der Waals surface area contributed by atoms with Crippen LogP contribution in [0.3, 0.4) is 0 Å². The fourth-order valence-electron chi connectivity index (χ4n) is 3.54. The van der Waals surface area contributed by atoms with Crippen molar-refractivity contribution in [3.05, 3.63) is 23.2 Å². The van der Waals surface area contributed by atoms with E-state index in [-0.39, 0.29) is 18.4 Å². The largest absolute Gasteiger partial charge is 0.490 e. The molecule has 0 radical (unpaired) electrons. The van der Waals surface area contributed by atoms with E-state index in [2.05, 4.69) is 15.5 Å². The van der Waals surface area contributed by atoms with Gasteiger partial charge in [0.05, 0.1) is 17.3 Å². The summed E-state index contributed by atoms with van der Waals surface area (Å²) in [6.07, 6.45) is -8.82. The predicted molar refractivity (Wildman–Crippen MR) is 129 cm³/mol. The van der Waals surface area contributed by atoms with E-state index in [1.165, 1.54) is 0 Å². The molecule has 0 aliphatic carbocycles. The molecular weight excluding hydrogens is 582 g/mol. The molecule has 2 aliphatic heterocycles. The van der Waals surface area contributed by atoms with Crippen molar-refractivity contribution in [1.29, 1.82) is 0 Å². The fraction of sp³-hybridized carbons (Fsp3) is 0.545. The van der Waals surface area contributed by atoms with Gasteiger partial charge in [0.2, 0.25) is 5.91 Å². The third kappa shape index (κ3) is 12.7. The summed E-state index contributed by atoms with van der Waals surface area (Å²) < 4.78 is 63.5. The van der Waals surface area contributed by atoms with Crippen LogP contribution in [-0.4, -0.2) is 102 Å². The number of carboxylic acid groups (broad SMARTS) is 3. The van der Waals surface area contributed by atoms with Crippen molar-refractivity contribution < 1.29 is 60.8 Å². The molecular formula is C22H27ClF6N4O7. The van der Waals surface area contributed by atoms with Crippen molar-refractivity contribution in [2.24, 2.45) is 5.92 Å². The summed E-state index contributed by atoms with van der Waals surface area (Å²) in [4.78, 5) is 45.1. The number of nitrogens with zero attached hydrogens (tertiary/aromatic N) is 2. The number of hydrogen-bond acceptors (Lipinski definition) is 7. The van der Waals surface area contributed by atoms with E-state index in [4.69, 9.17) is 36.5 Å². The van der Waals surface area contributed by atoms with Gasteiger partial charge < -0.3 is 30.9 Å². The lowest BCUT2D eigenvalue weighted by atomic mass is 9.96. The first-order valence-electron chi connectivity index (χ1n) is 11.5. The highest BCUT2D eigenvalue weighted by molar-refractivity contribution is 6.33. The minimum atomic E-state index is -5.08. The van der Waals surface area contributed by atoms with Gasteiger partial charge in [-0.3, -0.25) is 14.5 Å². The minimum absolute atomic E-state index is 0.0223. The van der Waals surface area contributed by atoms with Gasteiger partial charge in [-0.1, -0.05) is 11.6 Å². The van der Waals surface area contributed by atoms with Crippen LogP contribution in [0.2, 0.25) is 5.02 Å². The number of likely N-dealkylation sites (tertiary alicyclic amines) is 1. The van der Waals surface area contributed by atoms with Gasteiger partial charge in [-0.2, -0.15) is 26.3 Å². The molecule has 2 fully saturated rings. The number of halogens is 7. The highest BCUT2D eigenvalue weighted by Gasteiger charge is 2.38. The zero-order valence-corrected chi connectivity index (χ0v) is 21.4. The van der Waals surface area contributed by atoms with Gasteiger partial charge >= 0.3 is 30.3 Å². The molecule has 5 N–H and O–H groups in total. The molecule has 0 bridgehead atoms. The molecule has 1 aromatic carbocycles. The number of nitrogens with one attached hydrogen (secondary N) is 2. The molecule has 0 aromatic heterocycles. The molecule has 2 aliphatic rings. The molecule has 2 heterocycles. The Morgan fingerprint density at radius 3 is 1.77 bits per heavy atom. The maximum atomic E-state index is 12.5. The second kappa shape index (κ2) is 15.5. The molecule has 40 heavy (non-hydrogen) atoms. The number of hydrogen-bond donors (Lipinski definition) is 5. The van der Waals surface area contributed by atoms with E-state index in [0.717, 1.165) is 31.9 Å². The lowest BCUT2D eigenvalue weighted by Gasteiger charge is -2.31. The number of piperazine rings is 1. The third-order valence-corrected chi connectivity index (χ3v) is 5.78. The van der Waals surface area contributed by atoms with Crippen LogP contribution in [0.1, 0.15) is 12.8 Å². The number of benzene rings is 1. The molecule has 0 saturated carbocycles. The Kier molecular flexibility index (Phi) is 13.4. The summed E-state index contributed by atoms with van der Waals surface area (Å²) in [6, 6.07) is 5.65. The van der Waals surface area contributed by atoms with Gasteiger partial charge in [0, 0.05) is 37.8 Å². The fourth-order valence-corrected chi connectivity index (χ4v) is 3.84. The van der Waals surface area contributed by atoms with Gasteiger partial charge in [0.25, 0.3) is 0 Å². The van der Waals surface area contributed by atoms with Crippen LogP contribution in [0, 0.1) is 5.92 Å². The maximum absolute atomic E-state index is 12.5. The second-order valence-corrected chi connectivity index (χ2v) is 8.85. The highest BCUT2D eigenvalue weighted by atomic mass is 35.5. The SMILES string of the molecule is O=C(O)C(F)(F)F.O=C(O)C(F)(F)F.O=C(O)CN1CCC(C(=O)Nc2ccc(N3CCNCC3)c(Cl)c2)CC1. The maximum Gasteiger partial charge on any atom is 0.490 e. The third-order valence-electron chi connectivity index (χ3n) is 5.48. The van der Waals surface area contributed by atoms with E-state index in [1.54, 1.807) is 6.07 Å². The van der Waals surface area contributed by atoms with Gasteiger partial charge in [-0.25, -0.2) is 9.59 Å². The van der Waals surface area contributed by atoms with Crippen molar-refractivity contribution in [2.75, 3.05) is 56.0 Å². The van der Waals surface area contributed by atoms with E-state index < -0.39 is 30.3 Å². The number of rotatable bonds is 5. The Bertz CT molecular complexity index is 1000. The van der Waals surface area contributed by atoms with Crippen molar-refractivity contribution in [3.63, 3.8) is 0 Å². The Morgan fingerprint density at radius 1 is 0.900 bits per heavy atom.